The molecule has 3 aromatic rings. The van der Waals surface area contributed by atoms with E-state index >= 15 is 0 Å². The van der Waals surface area contributed by atoms with E-state index in [0.29, 0.717) is 13.0 Å². The zero-order valence-corrected chi connectivity index (χ0v) is 19.3. The molecule has 0 aliphatic carbocycles. The van der Waals surface area contributed by atoms with Crippen molar-refractivity contribution in [2.24, 2.45) is 0 Å². The second kappa shape index (κ2) is 12.0. The van der Waals surface area contributed by atoms with E-state index in [0.717, 1.165) is 28.7 Å². The molecule has 0 spiro atoms. The molecule has 1 N–H and O–H groups in total. The van der Waals surface area contributed by atoms with Gasteiger partial charge in [-0.15, -0.1) is 0 Å². The molecule has 0 heterocycles. The first-order chi connectivity index (χ1) is 16.0. The second-order valence-corrected chi connectivity index (χ2v) is 8.31. The van der Waals surface area contributed by atoms with Crippen molar-refractivity contribution in [3.05, 3.63) is 107 Å². The van der Waals surface area contributed by atoms with Gasteiger partial charge in [-0.25, -0.2) is 4.39 Å². The monoisotopic (exact) mass is 446 g/mol. The molecule has 3 rings (SSSR count). The number of rotatable bonds is 10. The third-order valence-electron chi connectivity index (χ3n) is 5.52. The number of hydrogen-bond donors (Lipinski definition) is 1. The number of amides is 2. The van der Waals surface area contributed by atoms with Crippen LogP contribution in [0.25, 0.3) is 0 Å². The summed E-state index contributed by atoms with van der Waals surface area (Å²) >= 11 is 0. The fourth-order valence-corrected chi connectivity index (χ4v) is 3.80. The van der Waals surface area contributed by atoms with Crippen LogP contribution in [-0.4, -0.2) is 29.3 Å². The Morgan fingerprint density at radius 2 is 1.61 bits per heavy atom. The highest BCUT2D eigenvalue weighted by molar-refractivity contribution is 5.88. The average Bonchev–Trinajstić information content (AvgIpc) is 2.81. The highest BCUT2D eigenvalue weighted by atomic mass is 19.1. The molecule has 0 unspecified atom stereocenters. The largest absolute Gasteiger partial charge is 0.354 e. The number of benzene rings is 3. The number of nitrogens with one attached hydrogen (secondary N) is 1. The molecule has 33 heavy (non-hydrogen) atoms. The van der Waals surface area contributed by atoms with Crippen molar-refractivity contribution in [2.75, 3.05) is 6.54 Å². The molecule has 0 aromatic heterocycles. The number of carbonyl (C=O) groups excluding carboxylic acids is 2. The van der Waals surface area contributed by atoms with Crippen LogP contribution in [-0.2, 0) is 29.0 Å². The van der Waals surface area contributed by atoms with Gasteiger partial charge in [0.15, 0.2) is 0 Å². The number of nitrogens with zero attached hydrogens (tertiary/aromatic N) is 1. The lowest BCUT2D eigenvalue weighted by Gasteiger charge is -2.31. The third kappa shape index (κ3) is 7.28. The minimum absolute atomic E-state index is 0.141. The third-order valence-corrected chi connectivity index (χ3v) is 5.52. The highest BCUT2D eigenvalue weighted by Gasteiger charge is 2.30. The molecule has 3 aromatic carbocycles. The van der Waals surface area contributed by atoms with Gasteiger partial charge in [0.25, 0.3) is 0 Å². The molecular formula is C28H31FN2O2. The van der Waals surface area contributed by atoms with Crippen LogP contribution in [0, 0.1) is 12.7 Å². The van der Waals surface area contributed by atoms with Crippen LogP contribution in [0.2, 0.25) is 0 Å². The van der Waals surface area contributed by atoms with Crippen LogP contribution in [0.4, 0.5) is 4.39 Å². The van der Waals surface area contributed by atoms with Gasteiger partial charge in [0, 0.05) is 19.5 Å². The summed E-state index contributed by atoms with van der Waals surface area (Å²) in [6.45, 7) is 4.74. The van der Waals surface area contributed by atoms with Crippen molar-refractivity contribution in [3.8, 4) is 0 Å². The fraction of sp³-hybridized carbons (Fsp3) is 0.286. The van der Waals surface area contributed by atoms with E-state index in [1.54, 1.807) is 17.0 Å². The summed E-state index contributed by atoms with van der Waals surface area (Å²) in [4.78, 5) is 28.4. The molecule has 2 amide bonds. The van der Waals surface area contributed by atoms with E-state index in [9.17, 15) is 14.0 Å². The van der Waals surface area contributed by atoms with Gasteiger partial charge in [0.2, 0.25) is 11.8 Å². The number of aryl methyl sites for hydroxylation is 1. The summed E-state index contributed by atoms with van der Waals surface area (Å²) in [5, 5.41) is 2.96. The predicted octanol–water partition coefficient (Wildman–Crippen LogP) is 4.84. The predicted molar refractivity (Wildman–Crippen MR) is 129 cm³/mol. The van der Waals surface area contributed by atoms with Crippen molar-refractivity contribution in [2.45, 2.75) is 45.7 Å². The summed E-state index contributed by atoms with van der Waals surface area (Å²) in [5.41, 5.74) is 3.72. The summed E-state index contributed by atoms with van der Waals surface area (Å²) < 4.78 is 13.5. The van der Waals surface area contributed by atoms with Crippen LogP contribution >= 0.6 is 0 Å². The lowest BCUT2D eigenvalue weighted by molar-refractivity contribution is -0.140. The van der Waals surface area contributed by atoms with Crippen LogP contribution in [0.3, 0.4) is 0 Å². The lowest BCUT2D eigenvalue weighted by Crippen LogP contribution is -2.51. The minimum Gasteiger partial charge on any atom is -0.354 e. The average molecular weight is 447 g/mol. The molecule has 0 fully saturated rings. The number of hydrogen-bond acceptors (Lipinski definition) is 2. The van der Waals surface area contributed by atoms with Crippen LogP contribution in [0.15, 0.2) is 78.9 Å². The SMILES string of the molecule is CCCNC(=O)[C@@H](Cc1ccccc1)N(Cc1ccc(F)cc1)C(=O)Cc1cccc(C)c1. The lowest BCUT2D eigenvalue weighted by atomic mass is 10.0. The zero-order valence-electron chi connectivity index (χ0n) is 19.3. The first-order valence-corrected chi connectivity index (χ1v) is 11.4. The van der Waals surface area contributed by atoms with Crippen molar-refractivity contribution in [1.82, 2.24) is 10.2 Å². The van der Waals surface area contributed by atoms with Crippen molar-refractivity contribution in [3.63, 3.8) is 0 Å². The summed E-state index contributed by atoms with van der Waals surface area (Å²) in [5.74, 6) is -0.657. The molecule has 5 heteroatoms. The van der Waals surface area contributed by atoms with Crippen molar-refractivity contribution < 1.29 is 14.0 Å². The van der Waals surface area contributed by atoms with Gasteiger partial charge in [0.05, 0.1) is 6.42 Å². The van der Waals surface area contributed by atoms with Crippen LogP contribution < -0.4 is 5.32 Å². The summed E-state index contributed by atoms with van der Waals surface area (Å²) in [6, 6.07) is 22.9. The van der Waals surface area contributed by atoms with Gasteiger partial charge in [-0.1, -0.05) is 79.2 Å². The summed E-state index contributed by atoms with van der Waals surface area (Å²) in [7, 11) is 0. The van der Waals surface area contributed by atoms with E-state index in [2.05, 4.69) is 5.32 Å². The molecular weight excluding hydrogens is 415 g/mol. The molecule has 0 saturated heterocycles. The van der Waals surface area contributed by atoms with Crippen molar-refractivity contribution >= 4 is 11.8 Å². The van der Waals surface area contributed by atoms with Crippen molar-refractivity contribution in [1.29, 1.82) is 0 Å². The van der Waals surface area contributed by atoms with E-state index in [-0.39, 0.29) is 30.6 Å². The van der Waals surface area contributed by atoms with Gasteiger partial charge >= 0.3 is 0 Å². The van der Waals surface area contributed by atoms with Crippen LogP contribution in [0.5, 0.6) is 0 Å². The van der Waals surface area contributed by atoms with Gasteiger partial charge in [-0.2, -0.15) is 0 Å². The van der Waals surface area contributed by atoms with E-state index in [1.165, 1.54) is 12.1 Å². The Hall–Kier alpha value is -3.47. The zero-order chi connectivity index (χ0) is 23.6. The standard InChI is InChI=1S/C28H31FN2O2/c1-3-16-30-28(33)26(18-22-9-5-4-6-10-22)31(20-23-12-14-25(29)15-13-23)27(32)19-24-11-7-8-21(2)17-24/h4-15,17,26H,3,16,18-20H2,1-2H3,(H,30,33)/t26-/m1/s1. The maximum Gasteiger partial charge on any atom is 0.243 e. The van der Waals surface area contributed by atoms with Gasteiger partial charge in [-0.05, 0) is 42.2 Å². The van der Waals surface area contributed by atoms with Gasteiger partial charge in [-0.3, -0.25) is 9.59 Å². The topological polar surface area (TPSA) is 49.4 Å². The Labute approximate surface area is 195 Å². The summed E-state index contributed by atoms with van der Waals surface area (Å²) in [6.07, 6.45) is 1.39. The Bertz CT molecular complexity index is 1050. The quantitative estimate of drug-likeness (QED) is 0.484. The smallest absolute Gasteiger partial charge is 0.243 e. The second-order valence-electron chi connectivity index (χ2n) is 8.31. The Balaban J connectivity index is 1.94. The van der Waals surface area contributed by atoms with Crippen LogP contribution in [0.1, 0.15) is 35.6 Å². The molecule has 0 aliphatic heterocycles. The van der Waals surface area contributed by atoms with E-state index in [1.807, 2.05) is 68.4 Å². The maximum atomic E-state index is 13.6. The number of halogens is 1. The maximum absolute atomic E-state index is 13.6. The fourth-order valence-electron chi connectivity index (χ4n) is 3.80. The molecule has 0 aliphatic rings. The Kier molecular flexibility index (Phi) is 8.76. The first kappa shape index (κ1) is 24.2. The molecule has 1 atom stereocenters. The van der Waals surface area contributed by atoms with E-state index < -0.39 is 6.04 Å². The minimum atomic E-state index is -0.679. The van der Waals surface area contributed by atoms with Gasteiger partial charge < -0.3 is 10.2 Å². The van der Waals surface area contributed by atoms with E-state index in [4.69, 9.17) is 0 Å². The molecule has 0 radical (unpaired) electrons. The highest BCUT2D eigenvalue weighted by Crippen LogP contribution is 2.17. The number of carbonyl (C=O) groups is 2. The molecule has 0 saturated carbocycles. The normalized spacial score (nSPS) is 11.6. The Morgan fingerprint density at radius 3 is 2.27 bits per heavy atom. The first-order valence-electron chi connectivity index (χ1n) is 11.4. The van der Waals surface area contributed by atoms with Gasteiger partial charge in [0.1, 0.15) is 11.9 Å². The molecule has 172 valence electrons. The molecule has 0 bridgehead atoms. The molecule has 4 nitrogen and oxygen atoms in total. The Morgan fingerprint density at radius 1 is 0.909 bits per heavy atom.